The summed E-state index contributed by atoms with van der Waals surface area (Å²) in [5, 5.41) is 13.2. The topological polar surface area (TPSA) is 49.4 Å². The predicted octanol–water partition coefficient (Wildman–Crippen LogP) is 5.15. The Labute approximate surface area is 196 Å². The van der Waals surface area contributed by atoms with Gasteiger partial charge in [0.2, 0.25) is 0 Å². The summed E-state index contributed by atoms with van der Waals surface area (Å²) in [6.07, 6.45) is 0. The zero-order valence-corrected chi connectivity index (χ0v) is 19.7. The van der Waals surface area contributed by atoms with Crippen molar-refractivity contribution in [3.05, 3.63) is 68.6 Å². The quantitative estimate of drug-likeness (QED) is 0.327. The molecule has 0 atom stereocenters. The molecular formula is C24H12N4S4. The summed E-state index contributed by atoms with van der Waals surface area (Å²) in [4.78, 5) is 24.5. The van der Waals surface area contributed by atoms with E-state index in [0.29, 0.717) is 13.3 Å². The van der Waals surface area contributed by atoms with Crippen molar-refractivity contribution in [2.75, 3.05) is 13.3 Å². The molecule has 0 unspecified atom stereocenters. The zero-order valence-electron chi connectivity index (χ0n) is 16.5. The van der Waals surface area contributed by atoms with E-state index in [9.17, 15) is 0 Å². The van der Waals surface area contributed by atoms with Gasteiger partial charge in [-0.25, -0.2) is 0 Å². The van der Waals surface area contributed by atoms with Gasteiger partial charge < -0.3 is 0 Å². The molecule has 0 amide bonds. The van der Waals surface area contributed by atoms with Crippen LogP contribution in [0.4, 0.5) is 0 Å². The summed E-state index contributed by atoms with van der Waals surface area (Å²) in [5.74, 6) is 0. The number of hydrogen-bond donors (Lipinski definition) is 0. The van der Waals surface area contributed by atoms with Gasteiger partial charge in [-0.2, -0.15) is 0 Å². The molecule has 0 saturated heterocycles. The lowest BCUT2D eigenvalue weighted by Gasteiger charge is -2.03. The molecule has 0 radical (unpaired) electrons. The molecule has 2 aliphatic rings. The first kappa shape index (κ1) is 17.7. The standard InChI is InChI=1S/C24H12N4S4/c1-3-13(29-5-1)15-7-11-19-22(28-9-25-19)18-17(23(11)31-15)21-20(26-10-27-21)12-8-16(32-24(12)18)14-4-2-6-30-14/h1-8H,9-10H2. The zero-order chi connectivity index (χ0) is 20.8. The molecule has 0 bridgehead atoms. The molecule has 6 aromatic rings. The molecule has 0 aliphatic carbocycles. The summed E-state index contributed by atoms with van der Waals surface area (Å²) in [5.41, 5.74) is 0. The average molecular weight is 485 g/mol. The van der Waals surface area contributed by atoms with Gasteiger partial charge in [0.1, 0.15) is 13.3 Å². The van der Waals surface area contributed by atoms with E-state index in [4.69, 9.17) is 20.0 Å². The van der Waals surface area contributed by atoms with Gasteiger partial charge in [0, 0.05) is 50.5 Å². The maximum atomic E-state index is 4.87. The first-order chi connectivity index (χ1) is 15.9. The SMILES string of the molecule is c1csc(-c2cc3c4c(c5c6sc(-c7cccs7)cc6c6c(c5c3s2)=NCN=6)=NCN=4)c1. The molecular weight excluding hydrogens is 473 g/mol. The Morgan fingerprint density at radius 2 is 1.03 bits per heavy atom. The summed E-state index contributed by atoms with van der Waals surface area (Å²) in [6.45, 7) is 0.994. The van der Waals surface area contributed by atoms with Gasteiger partial charge in [0.15, 0.2) is 0 Å². The van der Waals surface area contributed by atoms with Gasteiger partial charge >= 0.3 is 0 Å². The Morgan fingerprint density at radius 1 is 0.562 bits per heavy atom. The van der Waals surface area contributed by atoms with Crippen molar-refractivity contribution in [2.45, 2.75) is 0 Å². The molecule has 0 saturated carbocycles. The minimum atomic E-state index is 0.497. The van der Waals surface area contributed by atoms with E-state index in [1.165, 1.54) is 50.5 Å². The first-order valence-corrected chi connectivity index (χ1v) is 13.6. The Hall–Kier alpha value is -2.78. The van der Waals surface area contributed by atoms with Gasteiger partial charge in [-0.3, -0.25) is 20.0 Å². The number of nitrogens with zero attached hydrogens (tertiary/aromatic N) is 4. The molecule has 8 rings (SSSR count). The number of fused-ring (bicyclic) bond motifs is 11. The van der Waals surface area contributed by atoms with Gasteiger partial charge in [-0.1, -0.05) is 12.1 Å². The maximum absolute atomic E-state index is 4.87. The third-order valence-electron chi connectivity index (χ3n) is 6.04. The fourth-order valence-electron chi connectivity index (χ4n) is 4.74. The van der Waals surface area contributed by atoms with Crippen LogP contribution in [0.15, 0.2) is 67.1 Å². The van der Waals surface area contributed by atoms with Crippen LogP contribution in [0, 0.1) is 0 Å². The normalized spacial score (nSPS) is 14.4. The van der Waals surface area contributed by atoms with Crippen LogP contribution in [0.1, 0.15) is 0 Å². The highest BCUT2D eigenvalue weighted by molar-refractivity contribution is 7.27. The molecule has 8 heteroatoms. The smallest absolute Gasteiger partial charge is 0.130 e. The van der Waals surface area contributed by atoms with Crippen molar-refractivity contribution in [2.24, 2.45) is 20.0 Å². The molecule has 4 aromatic heterocycles. The third kappa shape index (κ3) is 2.25. The first-order valence-electron chi connectivity index (χ1n) is 10.2. The summed E-state index contributed by atoms with van der Waals surface area (Å²) < 4.78 is 2.51. The average Bonchev–Trinajstić information content (AvgIpc) is 3.65. The largest absolute Gasteiger partial charge is 0.259 e. The fraction of sp³-hybridized carbons (Fsp3) is 0.0833. The number of hydrogen-bond acceptors (Lipinski definition) is 8. The number of rotatable bonds is 2. The number of benzene rings is 2. The van der Waals surface area contributed by atoms with Crippen LogP contribution >= 0.6 is 45.3 Å². The van der Waals surface area contributed by atoms with Crippen molar-refractivity contribution in [3.8, 4) is 19.5 Å². The lowest BCUT2D eigenvalue weighted by molar-refractivity contribution is 1.06. The minimum absolute atomic E-state index is 0.497. The van der Waals surface area contributed by atoms with Gasteiger partial charge in [-0.15, -0.1) is 45.3 Å². The second kappa shape index (κ2) is 6.39. The van der Waals surface area contributed by atoms with Crippen LogP contribution in [0.25, 0.3) is 50.5 Å². The van der Waals surface area contributed by atoms with Crippen molar-refractivity contribution < 1.29 is 0 Å². The molecule has 0 fully saturated rings. The molecule has 2 aliphatic heterocycles. The Balaban J connectivity index is 1.65. The monoisotopic (exact) mass is 484 g/mol. The van der Waals surface area contributed by atoms with Crippen LogP contribution in [0.2, 0.25) is 0 Å². The Bertz CT molecular complexity index is 1830. The van der Waals surface area contributed by atoms with Crippen molar-refractivity contribution in [3.63, 3.8) is 0 Å². The van der Waals surface area contributed by atoms with Crippen LogP contribution in [-0.2, 0) is 0 Å². The van der Waals surface area contributed by atoms with E-state index in [1.54, 1.807) is 22.7 Å². The highest BCUT2D eigenvalue weighted by Crippen LogP contribution is 2.40. The van der Waals surface area contributed by atoms with E-state index in [0.717, 1.165) is 21.4 Å². The van der Waals surface area contributed by atoms with Gasteiger partial charge in [-0.05, 0) is 35.0 Å². The van der Waals surface area contributed by atoms with Crippen molar-refractivity contribution >= 4 is 76.3 Å². The van der Waals surface area contributed by atoms with Crippen LogP contribution in [-0.4, -0.2) is 13.3 Å². The highest BCUT2D eigenvalue weighted by Gasteiger charge is 2.22. The summed E-state index contributed by atoms with van der Waals surface area (Å²) in [6, 6.07) is 13.2. The third-order valence-corrected chi connectivity index (χ3v) is 10.5. The lowest BCUT2D eigenvalue weighted by Crippen LogP contribution is -2.30. The number of thiophene rings is 4. The second-order valence-corrected chi connectivity index (χ2v) is 11.7. The highest BCUT2D eigenvalue weighted by atomic mass is 32.1. The van der Waals surface area contributed by atoms with Crippen LogP contribution in [0.3, 0.4) is 0 Å². The van der Waals surface area contributed by atoms with E-state index >= 15 is 0 Å². The van der Waals surface area contributed by atoms with E-state index < -0.39 is 0 Å². The van der Waals surface area contributed by atoms with Crippen LogP contribution < -0.4 is 21.4 Å². The van der Waals surface area contributed by atoms with E-state index in [2.05, 4.69) is 47.2 Å². The van der Waals surface area contributed by atoms with Crippen LogP contribution in [0.5, 0.6) is 0 Å². The van der Waals surface area contributed by atoms with Gasteiger partial charge in [0.05, 0.1) is 21.4 Å². The fourth-order valence-corrected chi connectivity index (χ4v) is 8.81. The van der Waals surface area contributed by atoms with Crippen molar-refractivity contribution in [1.82, 2.24) is 0 Å². The van der Waals surface area contributed by atoms with E-state index in [1.807, 2.05) is 22.7 Å². The summed E-state index contributed by atoms with van der Waals surface area (Å²) >= 11 is 7.24. The van der Waals surface area contributed by atoms with Gasteiger partial charge in [0.25, 0.3) is 0 Å². The lowest BCUT2D eigenvalue weighted by atomic mass is 10.0. The molecule has 32 heavy (non-hydrogen) atoms. The maximum Gasteiger partial charge on any atom is 0.130 e. The van der Waals surface area contributed by atoms with Crippen molar-refractivity contribution in [1.29, 1.82) is 0 Å². The minimum Gasteiger partial charge on any atom is -0.259 e. The predicted molar refractivity (Wildman–Crippen MR) is 136 cm³/mol. The molecule has 152 valence electrons. The molecule has 4 nitrogen and oxygen atoms in total. The Morgan fingerprint density at radius 3 is 1.47 bits per heavy atom. The Kier molecular flexibility index (Phi) is 3.54. The second-order valence-electron chi connectivity index (χ2n) is 7.72. The van der Waals surface area contributed by atoms with E-state index in [-0.39, 0.29) is 0 Å². The molecule has 6 heterocycles. The molecule has 0 N–H and O–H groups in total. The summed E-state index contributed by atoms with van der Waals surface area (Å²) in [7, 11) is 0. The molecule has 2 aromatic carbocycles. The molecule has 0 spiro atoms.